The minimum Gasteiger partial charge on any atom is -0.353 e. The number of hydrogen-bond donors (Lipinski definition) is 0. The van der Waals surface area contributed by atoms with Crippen LogP contribution in [0, 0.1) is 11.3 Å². The number of aromatic nitrogens is 1. The summed E-state index contributed by atoms with van der Waals surface area (Å²) in [6, 6.07) is 5.70. The number of nitriles is 1. The molecule has 1 aliphatic heterocycles. The van der Waals surface area contributed by atoms with Gasteiger partial charge in [-0.1, -0.05) is 6.92 Å². The Kier molecular flexibility index (Phi) is 5.12. The van der Waals surface area contributed by atoms with Crippen molar-refractivity contribution in [3.05, 3.63) is 23.9 Å². The summed E-state index contributed by atoms with van der Waals surface area (Å²) in [4.78, 5) is 22.5. The number of anilines is 1. The van der Waals surface area contributed by atoms with Crippen molar-refractivity contribution < 1.29 is 4.79 Å². The Balaban J connectivity index is 1.88. The molecule has 112 valence electrons. The smallest absolute Gasteiger partial charge is 0.236 e. The average Bonchev–Trinajstić information content (AvgIpc) is 2.55. The lowest BCUT2D eigenvalue weighted by Gasteiger charge is -2.36. The maximum Gasteiger partial charge on any atom is 0.236 e. The van der Waals surface area contributed by atoms with Gasteiger partial charge in [-0.3, -0.25) is 9.69 Å². The topological polar surface area (TPSA) is 63.5 Å². The lowest BCUT2D eigenvalue weighted by molar-refractivity contribution is -0.132. The highest BCUT2D eigenvalue weighted by atomic mass is 16.2. The zero-order valence-corrected chi connectivity index (χ0v) is 12.6. The van der Waals surface area contributed by atoms with E-state index in [2.05, 4.69) is 16.0 Å². The van der Waals surface area contributed by atoms with Crippen molar-refractivity contribution in [2.45, 2.75) is 6.92 Å². The van der Waals surface area contributed by atoms with Crippen molar-refractivity contribution in [2.75, 3.05) is 51.2 Å². The SMILES string of the molecule is CCN(C)CC(=O)N1CCN(c2ccc(C#N)cn2)CC1. The van der Waals surface area contributed by atoms with Gasteiger partial charge >= 0.3 is 0 Å². The van der Waals surface area contributed by atoms with Crippen molar-refractivity contribution in [1.82, 2.24) is 14.8 Å². The minimum atomic E-state index is 0.187. The van der Waals surface area contributed by atoms with Crippen molar-refractivity contribution >= 4 is 11.7 Å². The number of carbonyl (C=O) groups is 1. The number of rotatable bonds is 4. The number of likely N-dealkylation sites (N-methyl/N-ethyl adjacent to an activating group) is 1. The molecule has 1 amide bonds. The van der Waals surface area contributed by atoms with Crippen LogP contribution in [0.25, 0.3) is 0 Å². The molecular formula is C15H21N5O. The molecule has 0 N–H and O–H groups in total. The standard InChI is InChI=1S/C15H21N5O/c1-3-18(2)12-15(21)20-8-6-19(7-9-20)14-5-4-13(10-16)11-17-14/h4-5,11H,3,6-9,12H2,1-2H3. The lowest BCUT2D eigenvalue weighted by Crippen LogP contribution is -2.51. The third-order valence-corrected chi connectivity index (χ3v) is 3.78. The molecule has 6 nitrogen and oxygen atoms in total. The van der Waals surface area contributed by atoms with Crippen molar-refractivity contribution in [3.8, 4) is 6.07 Å². The first-order chi connectivity index (χ1) is 10.1. The molecular weight excluding hydrogens is 266 g/mol. The van der Waals surface area contributed by atoms with Gasteiger partial charge in [0.15, 0.2) is 0 Å². The van der Waals surface area contributed by atoms with Gasteiger partial charge in [0.05, 0.1) is 12.1 Å². The Labute approximate surface area is 125 Å². The molecule has 21 heavy (non-hydrogen) atoms. The van der Waals surface area contributed by atoms with Crippen molar-refractivity contribution in [2.24, 2.45) is 0 Å². The number of amides is 1. The highest BCUT2D eigenvalue weighted by Crippen LogP contribution is 2.14. The molecule has 0 aliphatic carbocycles. The molecule has 0 spiro atoms. The van der Waals surface area contributed by atoms with Crippen LogP contribution in [0.4, 0.5) is 5.82 Å². The van der Waals surface area contributed by atoms with Crippen LogP contribution in [0.2, 0.25) is 0 Å². The first-order valence-corrected chi connectivity index (χ1v) is 7.21. The summed E-state index contributed by atoms with van der Waals surface area (Å²) in [6.07, 6.45) is 1.59. The van der Waals surface area contributed by atoms with Crippen LogP contribution < -0.4 is 4.90 Å². The van der Waals surface area contributed by atoms with E-state index in [1.54, 1.807) is 12.3 Å². The van der Waals surface area contributed by atoms with Gasteiger partial charge < -0.3 is 9.80 Å². The summed E-state index contributed by atoms with van der Waals surface area (Å²) in [6.45, 7) is 6.39. The Bertz CT molecular complexity index is 514. The maximum absolute atomic E-state index is 12.1. The van der Waals surface area contributed by atoms with Crippen LogP contribution in [0.5, 0.6) is 0 Å². The molecule has 0 radical (unpaired) electrons. The zero-order valence-electron chi connectivity index (χ0n) is 12.6. The van der Waals surface area contributed by atoms with Gasteiger partial charge in [-0.25, -0.2) is 4.98 Å². The van der Waals surface area contributed by atoms with Crippen LogP contribution in [-0.2, 0) is 4.79 Å². The molecule has 0 aromatic carbocycles. The van der Waals surface area contributed by atoms with E-state index in [0.29, 0.717) is 12.1 Å². The second-order valence-corrected chi connectivity index (χ2v) is 5.22. The molecule has 1 aliphatic rings. The van der Waals surface area contributed by atoms with Gasteiger partial charge in [-0.05, 0) is 25.7 Å². The number of pyridine rings is 1. The second kappa shape index (κ2) is 7.04. The van der Waals surface area contributed by atoms with Crippen molar-refractivity contribution in [1.29, 1.82) is 5.26 Å². The van der Waals surface area contributed by atoms with E-state index in [1.165, 1.54) is 0 Å². The predicted octanol–water partition coefficient (Wildman–Crippen LogP) is 0.554. The molecule has 1 aromatic heterocycles. The van der Waals surface area contributed by atoms with E-state index in [-0.39, 0.29) is 5.91 Å². The second-order valence-electron chi connectivity index (χ2n) is 5.22. The maximum atomic E-state index is 12.1. The first-order valence-electron chi connectivity index (χ1n) is 7.21. The minimum absolute atomic E-state index is 0.187. The van der Waals surface area contributed by atoms with E-state index in [4.69, 9.17) is 5.26 Å². The molecule has 2 rings (SSSR count). The fraction of sp³-hybridized carbons (Fsp3) is 0.533. The van der Waals surface area contributed by atoms with Gasteiger partial charge in [-0.2, -0.15) is 5.26 Å². The molecule has 1 saturated heterocycles. The Morgan fingerprint density at radius 1 is 1.38 bits per heavy atom. The van der Waals surface area contributed by atoms with Crippen LogP contribution in [-0.4, -0.2) is 67.0 Å². The van der Waals surface area contributed by atoms with Gasteiger partial charge in [0.2, 0.25) is 5.91 Å². The van der Waals surface area contributed by atoms with E-state index in [0.717, 1.165) is 38.5 Å². The first kappa shape index (κ1) is 15.3. The Hall–Kier alpha value is -2.13. The molecule has 0 bridgehead atoms. The van der Waals surface area contributed by atoms with E-state index >= 15 is 0 Å². The number of piperazine rings is 1. The molecule has 0 saturated carbocycles. The quantitative estimate of drug-likeness (QED) is 0.809. The number of hydrogen-bond acceptors (Lipinski definition) is 5. The lowest BCUT2D eigenvalue weighted by atomic mass is 10.2. The molecule has 1 fully saturated rings. The summed E-state index contributed by atoms with van der Waals surface area (Å²) in [5, 5.41) is 8.78. The molecule has 6 heteroatoms. The highest BCUT2D eigenvalue weighted by Gasteiger charge is 2.22. The number of nitrogens with zero attached hydrogens (tertiary/aromatic N) is 5. The molecule has 2 heterocycles. The molecule has 1 aromatic rings. The van der Waals surface area contributed by atoms with E-state index in [9.17, 15) is 4.79 Å². The molecule has 0 unspecified atom stereocenters. The monoisotopic (exact) mass is 287 g/mol. The summed E-state index contributed by atoms with van der Waals surface area (Å²) in [7, 11) is 1.95. The summed E-state index contributed by atoms with van der Waals surface area (Å²) >= 11 is 0. The molecule has 0 atom stereocenters. The van der Waals surface area contributed by atoms with E-state index in [1.807, 2.05) is 29.8 Å². The van der Waals surface area contributed by atoms with Gasteiger partial charge in [0.1, 0.15) is 11.9 Å². The van der Waals surface area contributed by atoms with Crippen LogP contribution >= 0.6 is 0 Å². The van der Waals surface area contributed by atoms with Crippen molar-refractivity contribution in [3.63, 3.8) is 0 Å². The average molecular weight is 287 g/mol. The fourth-order valence-corrected chi connectivity index (χ4v) is 2.27. The fourth-order valence-electron chi connectivity index (χ4n) is 2.27. The zero-order chi connectivity index (χ0) is 15.2. The third-order valence-electron chi connectivity index (χ3n) is 3.78. The Morgan fingerprint density at radius 2 is 2.10 bits per heavy atom. The predicted molar refractivity (Wildman–Crippen MR) is 80.9 cm³/mol. The summed E-state index contributed by atoms with van der Waals surface area (Å²) in [5.41, 5.74) is 0.565. The largest absolute Gasteiger partial charge is 0.353 e. The van der Waals surface area contributed by atoms with Crippen LogP contribution in [0.15, 0.2) is 18.3 Å². The van der Waals surface area contributed by atoms with Crippen LogP contribution in [0.1, 0.15) is 12.5 Å². The van der Waals surface area contributed by atoms with Gasteiger partial charge in [-0.15, -0.1) is 0 Å². The van der Waals surface area contributed by atoms with Crippen LogP contribution in [0.3, 0.4) is 0 Å². The van der Waals surface area contributed by atoms with Gasteiger partial charge in [0.25, 0.3) is 0 Å². The number of carbonyl (C=O) groups excluding carboxylic acids is 1. The normalized spacial score (nSPS) is 15.1. The summed E-state index contributed by atoms with van der Waals surface area (Å²) in [5.74, 6) is 1.05. The Morgan fingerprint density at radius 3 is 2.62 bits per heavy atom. The van der Waals surface area contributed by atoms with E-state index < -0.39 is 0 Å². The van der Waals surface area contributed by atoms with Gasteiger partial charge in [0, 0.05) is 32.4 Å². The summed E-state index contributed by atoms with van der Waals surface area (Å²) < 4.78 is 0. The highest BCUT2D eigenvalue weighted by molar-refractivity contribution is 5.78. The third kappa shape index (κ3) is 3.92.